The molecule has 1 heterocycles. The van der Waals surface area contributed by atoms with Crippen molar-refractivity contribution in [3.05, 3.63) is 28.0 Å². The molecule has 2 amide bonds. The van der Waals surface area contributed by atoms with Gasteiger partial charge >= 0.3 is 0 Å². The van der Waals surface area contributed by atoms with Crippen LogP contribution in [-0.2, 0) is 9.53 Å². The van der Waals surface area contributed by atoms with E-state index in [0.29, 0.717) is 13.2 Å². The van der Waals surface area contributed by atoms with Crippen LogP contribution in [0.2, 0.25) is 10.3 Å². The zero-order chi connectivity index (χ0) is 14.3. The van der Waals surface area contributed by atoms with Crippen molar-refractivity contribution in [3.8, 4) is 0 Å². The fraction of sp³-hybridized carbons (Fsp3) is 0.364. The monoisotopic (exact) mass is 305 g/mol. The SMILES string of the molecule is COCCNC(=O)CNC(=O)c1cc(Cl)nc(Cl)c1. The van der Waals surface area contributed by atoms with Crippen LogP contribution in [0.1, 0.15) is 10.4 Å². The van der Waals surface area contributed by atoms with E-state index in [1.165, 1.54) is 19.2 Å². The summed E-state index contributed by atoms with van der Waals surface area (Å²) >= 11 is 11.3. The van der Waals surface area contributed by atoms with Crippen LogP contribution in [-0.4, -0.2) is 43.6 Å². The lowest BCUT2D eigenvalue weighted by molar-refractivity contribution is -0.120. The summed E-state index contributed by atoms with van der Waals surface area (Å²) in [4.78, 5) is 26.8. The van der Waals surface area contributed by atoms with Gasteiger partial charge in [-0.25, -0.2) is 4.98 Å². The molecule has 0 saturated heterocycles. The van der Waals surface area contributed by atoms with Crippen LogP contribution in [0, 0.1) is 0 Å². The smallest absolute Gasteiger partial charge is 0.251 e. The van der Waals surface area contributed by atoms with Gasteiger partial charge in [-0.3, -0.25) is 9.59 Å². The Morgan fingerprint density at radius 2 is 1.89 bits per heavy atom. The van der Waals surface area contributed by atoms with Crippen molar-refractivity contribution in [3.63, 3.8) is 0 Å². The third-order valence-corrected chi connectivity index (χ3v) is 2.45. The Bertz CT molecular complexity index is 448. The lowest BCUT2D eigenvalue weighted by Crippen LogP contribution is -2.38. The van der Waals surface area contributed by atoms with Gasteiger partial charge in [0.15, 0.2) is 0 Å². The zero-order valence-corrected chi connectivity index (χ0v) is 11.7. The predicted octanol–water partition coefficient (Wildman–Crippen LogP) is 0.881. The first-order valence-electron chi connectivity index (χ1n) is 5.40. The van der Waals surface area contributed by atoms with Crippen molar-refractivity contribution in [1.82, 2.24) is 15.6 Å². The molecule has 0 unspecified atom stereocenters. The van der Waals surface area contributed by atoms with Crippen LogP contribution >= 0.6 is 23.2 Å². The van der Waals surface area contributed by atoms with E-state index in [1.807, 2.05) is 0 Å². The summed E-state index contributed by atoms with van der Waals surface area (Å²) in [5.41, 5.74) is 0.245. The molecule has 19 heavy (non-hydrogen) atoms. The number of nitrogens with zero attached hydrogens (tertiary/aromatic N) is 1. The number of ether oxygens (including phenoxy) is 1. The lowest BCUT2D eigenvalue weighted by atomic mass is 10.2. The first kappa shape index (κ1) is 15.7. The van der Waals surface area contributed by atoms with E-state index in [9.17, 15) is 9.59 Å². The van der Waals surface area contributed by atoms with Crippen molar-refractivity contribution < 1.29 is 14.3 Å². The van der Waals surface area contributed by atoms with Gasteiger partial charge in [0.25, 0.3) is 5.91 Å². The Balaban J connectivity index is 2.44. The van der Waals surface area contributed by atoms with Crippen molar-refractivity contribution in [1.29, 1.82) is 0 Å². The van der Waals surface area contributed by atoms with E-state index in [1.54, 1.807) is 0 Å². The van der Waals surface area contributed by atoms with E-state index in [0.717, 1.165) is 0 Å². The maximum Gasteiger partial charge on any atom is 0.251 e. The summed E-state index contributed by atoms with van der Waals surface area (Å²) in [6.07, 6.45) is 0. The fourth-order valence-corrected chi connectivity index (χ4v) is 1.67. The van der Waals surface area contributed by atoms with Gasteiger partial charge < -0.3 is 15.4 Å². The van der Waals surface area contributed by atoms with Crippen molar-refractivity contribution in [2.75, 3.05) is 26.8 Å². The summed E-state index contributed by atoms with van der Waals surface area (Å²) in [6.45, 7) is 0.660. The molecule has 0 aliphatic carbocycles. The molecule has 1 aromatic rings. The second-order valence-corrected chi connectivity index (χ2v) is 4.30. The van der Waals surface area contributed by atoms with Crippen LogP contribution in [0.3, 0.4) is 0 Å². The van der Waals surface area contributed by atoms with Gasteiger partial charge in [0.2, 0.25) is 5.91 Å². The molecule has 0 spiro atoms. The number of halogens is 2. The van der Waals surface area contributed by atoms with E-state index in [4.69, 9.17) is 27.9 Å². The van der Waals surface area contributed by atoms with Crippen molar-refractivity contribution in [2.45, 2.75) is 0 Å². The zero-order valence-electron chi connectivity index (χ0n) is 10.2. The average Bonchev–Trinajstić information content (AvgIpc) is 2.35. The molecule has 6 nitrogen and oxygen atoms in total. The molecule has 0 saturated carbocycles. The van der Waals surface area contributed by atoms with Gasteiger partial charge in [-0.2, -0.15) is 0 Å². The molecule has 2 N–H and O–H groups in total. The Kier molecular flexibility index (Phi) is 6.55. The van der Waals surface area contributed by atoms with Crippen LogP contribution in [0.5, 0.6) is 0 Å². The van der Waals surface area contributed by atoms with Crippen molar-refractivity contribution >= 4 is 35.0 Å². The highest BCUT2D eigenvalue weighted by Crippen LogP contribution is 2.14. The Labute approximate surface area is 120 Å². The topological polar surface area (TPSA) is 80.3 Å². The Morgan fingerprint density at radius 1 is 1.26 bits per heavy atom. The molecule has 0 aromatic carbocycles. The summed E-state index contributed by atoms with van der Waals surface area (Å²) in [5.74, 6) is -0.759. The molecule has 0 radical (unpaired) electrons. The Hall–Kier alpha value is -1.37. The predicted molar refractivity (Wildman–Crippen MR) is 71.5 cm³/mol. The summed E-state index contributed by atoms with van der Waals surface area (Å²) in [5, 5.41) is 5.24. The van der Waals surface area contributed by atoms with E-state index >= 15 is 0 Å². The highest BCUT2D eigenvalue weighted by atomic mass is 35.5. The second kappa shape index (κ2) is 7.93. The molecule has 0 aliphatic rings. The number of hydrogen-bond acceptors (Lipinski definition) is 4. The number of amides is 2. The van der Waals surface area contributed by atoms with Gasteiger partial charge in [-0.05, 0) is 12.1 Å². The third kappa shape index (κ3) is 5.87. The van der Waals surface area contributed by atoms with E-state index in [-0.39, 0.29) is 28.3 Å². The summed E-state index contributed by atoms with van der Waals surface area (Å²) in [6, 6.07) is 2.73. The van der Waals surface area contributed by atoms with E-state index < -0.39 is 5.91 Å². The molecular formula is C11H13Cl2N3O3. The van der Waals surface area contributed by atoms with Crippen LogP contribution in [0.15, 0.2) is 12.1 Å². The van der Waals surface area contributed by atoms with E-state index in [2.05, 4.69) is 15.6 Å². The molecular weight excluding hydrogens is 293 g/mol. The number of hydrogen-bond donors (Lipinski definition) is 2. The maximum absolute atomic E-state index is 11.7. The number of carbonyl (C=O) groups excluding carboxylic acids is 2. The third-order valence-electron chi connectivity index (χ3n) is 2.06. The van der Waals surface area contributed by atoms with Crippen molar-refractivity contribution in [2.24, 2.45) is 0 Å². The van der Waals surface area contributed by atoms with Gasteiger partial charge in [-0.1, -0.05) is 23.2 Å². The van der Waals surface area contributed by atoms with Gasteiger partial charge in [0.05, 0.1) is 13.2 Å². The van der Waals surface area contributed by atoms with Crippen LogP contribution in [0.4, 0.5) is 0 Å². The minimum atomic E-state index is -0.451. The number of aromatic nitrogens is 1. The molecule has 0 fully saturated rings. The maximum atomic E-state index is 11.7. The van der Waals surface area contributed by atoms with Crippen LogP contribution < -0.4 is 10.6 Å². The number of carbonyl (C=O) groups is 2. The highest BCUT2D eigenvalue weighted by molar-refractivity contribution is 6.33. The number of nitrogens with one attached hydrogen (secondary N) is 2. The molecule has 0 atom stereocenters. The summed E-state index contributed by atoms with van der Waals surface area (Å²) < 4.78 is 4.78. The highest BCUT2D eigenvalue weighted by Gasteiger charge is 2.10. The molecule has 1 aromatic heterocycles. The van der Waals surface area contributed by atoms with Gasteiger partial charge in [0.1, 0.15) is 10.3 Å². The molecule has 1 rings (SSSR count). The second-order valence-electron chi connectivity index (χ2n) is 3.53. The molecule has 104 valence electrons. The molecule has 8 heteroatoms. The molecule has 0 aliphatic heterocycles. The fourth-order valence-electron chi connectivity index (χ4n) is 1.21. The Morgan fingerprint density at radius 3 is 2.47 bits per heavy atom. The summed E-state index contributed by atoms with van der Waals surface area (Å²) in [7, 11) is 1.53. The minimum Gasteiger partial charge on any atom is -0.383 e. The largest absolute Gasteiger partial charge is 0.383 e. The minimum absolute atomic E-state index is 0.113. The number of methoxy groups -OCH3 is 1. The normalized spacial score (nSPS) is 10.1. The first-order chi connectivity index (χ1) is 9.02. The number of pyridine rings is 1. The first-order valence-corrected chi connectivity index (χ1v) is 6.15. The van der Waals surface area contributed by atoms with Crippen LogP contribution in [0.25, 0.3) is 0 Å². The average molecular weight is 306 g/mol. The van der Waals surface area contributed by atoms with Gasteiger partial charge in [-0.15, -0.1) is 0 Å². The number of rotatable bonds is 6. The van der Waals surface area contributed by atoms with Gasteiger partial charge in [0, 0.05) is 19.2 Å². The lowest BCUT2D eigenvalue weighted by Gasteiger charge is -2.07. The standard InChI is InChI=1S/C11H13Cl2N3O3/c1-19-3-2-14-10(17)6-15-11(18)7-4-8(12)16-9(13)5-7/h4-5H,2-3,6H2,1H3,(H,14,17)(H,15,18). The quantitative estimate of drug-likeness (QED) is 0.604. The molecule has 0 bridgehead atoms.